The standard InChI is InChI=1S/C26H24N2O3/c1-17(2)21-14-13-20(15-18(21)3)31-26(30)24-22-11-7-8-12-23(22)25(29)28(27-24)16-19-9-5-4-6-10-19/h4-15,17H,16H2,1-3H3. The lowest BCUT2D eigenvalue weighted by Gasteiger charge is -2.13. The largest absolute Gasteiger partial charge is 0.422 e. The van der Waals surface area contributed by atoms with Crippen molar-refractivity contribution in [3.63, 3.8) is 0 Å². The zero-order valence-electron chi connectivity index (χ0n) is 17.8. The van der Waals surface area contributed by atoms with E-state index in [1.165, 1.54) is 10.2 Å². The molecule has 1 heterocycles. The summed E-state index contributed by atoms with van der Waals surface area (Å²) in [6.07, 6.45) is 0. The highest BCUT2D eigenvalue weighted by molar-refractivity contribution is 6.02. The molecular formula is C26H24N2O3. The van der Waals surface area contributed by atoms with Gasteiger partial charge < -0.3 is 4.74 Å². The Kier molecular flexibility index (Phi) is 5.67. The van der Waals surface area contributed by atoms with Gasteiger partial charge in [-0.25, -0.2) is 9.48 Å². The van der Waals surface area contributed by atoms with Crippen LogP contribution >= 0.6 is 0 Å². The second kappa shape index (κ2) is 8.56. The van der Waals surface area contributed by atoms with Gasteiger partial charge in [-0.1, -0.05) is 68.4 Å². The molecule has 0 radical (unpaired) electrons. The summed E-state index contributed by atoms with van der Waals surface area (Å²) in [5.41, 5.74) is 3.07. The number of ether oxygens (including phenoxy) is 1. The SMILES string of the molecule is Cc1cc(OC(=O)c2nn(Cc3ccccc3)c(=O)c3ccccc23)ccc1C(C)C. The molecule has 0 N–H and O–H groups in total. The van der Waals surface area contributed by atoms with E-state index in [1.54, 1.807) is 30.3 Å². The number of rotatable bonds is 5. The van der Waals surface area contributed by atoms with E-state index < -0.39 is 5.97 Å². The van der Waals surface area contributed by atoms with Crippen molar-refractivity contribution in [3.8, 4) is 5.75 Å². The van der Waals surface area contributed by atoms with Gasteiger partial charge in [0.05, 0.1) is 11.9 Å². The van der Waals surface area contributed by atoms with E-state index in [0.717, 1.165) is 11.1 Å². The molecule has 156 valence electrons. The van der Waals surface area contributed by atoms with E-state index in [-0.39, 0.29) is 17.8 Å². The van der Waals surface area contributed by atoms with Crippen molar-refractivity contribution in [2.24, 2.45) is 0 Å². The van der Waals surface area contributed by atoms with Crippen LogP contribution in [0.25, 0.3) is 10.8 Å². The van der Waals surface area contributed by atoms with E-state index in [1.807, 2.05) is 49.4 Å². The number of carbonyl (C=O) groups is 1. The summed E-state index contributed by atoms with van der Waals surface area (Å²) in [5, 5.41) is 5.31. The van der Waals surface area contributed by atoms with Gasteiger partial charge in [0.1, 0.15) is 5.75 Å². The Labute approximate surface area is 180 Å². The van der Waals surface area contributed by atoms with Crippen LogP contribution in [0.4, 0.5) is 0 Å². The van der Waals surface area contributed by atoms with Crippen LogP contribution in [0.2, 0.25) is 0 Å². The fourth-order valence-corrected chi connectivity index (χ4v) is 3.76. The molecule has 0 saturated carbocycles. The van der Waals surface area contributed by atoms with Gasteiger partial charge in [0.25, 0.3) is 5.56 Å². The fourth-order valence-electron chi connectivity index (χ4n) is 3.76. The average Bonchev–Trinajstić information content (AvgIpc) is 2.76. The smallest absolute Gasteiger partial charge is 0.364 e. The molecule has 4 rings (SSSR count). The second-order valence-electron chi connectivity index (χ2n) is 7.91. The van der Waals surface area contributed by atoms with Crippen molar-refractivity contribution in [3.05, 3.63) is 106 Å². The molecule has 5 nitrogen and oxygen atoms in total. The predicted octanol–water partition coefficient (Wildman–Crippen LogP) is 5.10. The normalized spacial score (nSPS) is 11.1. The lowest BCUT2D eigenvalue weighted by atomic mass is 9.98. The molecule has 0 aliphatic rings. The molecule has 0 aliphatic heterocycles. The molecule has 1 aromatic heterocycles. The summed E-state index contributed by atoms with van der Waals surface area (Å²) in [6, 6.07) is 22.2. The summed E-state index contributed by atoms with van der Waals surface area (Å²) >= 11 is 0. The zero-order chi connectivity index (χ0) is 22.0. The van der Waals surface area contributed by atoms with Gasteiger partial charge in [0, 0.05) is 5.39 Å². The maximum absolute atomic E-state index is 13.1. The number of aryl methyl sites for hydroxylation is 1. The van der Waals surface area contributed by atoms with Gasteiger partial charge in [-0.15, -0.1) is 0 Å². The summed E-state index contributed by atoms with van der Waals surface area (Å²) in [7, 11) is 0. The van der Waals surface area contributed by atoms with Gasteiger partial charge in [0.2, 0.25) is 0 Å². The first-order valence-corrected chi connectivity index (χ1v) is 10.3. The quantitative estimate of drug-likeness (QED) is 0.338. The van der Waals surface area contributed by atoms with Crippen LogP contribution in [-0.2, 0) is 6.54 Å². The molecule has 4 aromatic rings. The van der Waals surface area contributed by atoms with Crippen LogP contribution in [0.5, 0.6) is 5.75 Å². The summed E-state index contributed by atoms with van der Waals surface area (Å²) in [5.74, 6) is 0.255. The van der Waals surface area contributed by atoms with Gasteiger partial charge in [-0.2, -0.15) is 5.10 Å². The van der Waals surface area contributed by atoms with Crippen molar-refractivity contribution in [1.29, 1.82) is 0 Å². The average molecular weight is 412 g/mol. The molecule has 0 saturated heterocycles. The molecule has 0 fully saturated rings. The number of aromatic nitrogens is 2. The van der Waals surface area contributed by atoms with E-state index in [2.05, 4.69) is 18.9 Å². The lowest BCUT2D eigenvalue weighted by Crippen LogP contribution is -2.27. The van der Waals surface area contributed by atoms with Crippen LogP contribution in [0.3, 0.4) is 0 Å². The Morgan fingerprint density at radius 1 is 0.968 bits per heavy atom. The highest BCUT2D eigenvalue weighted by Crippen LogP contribution is 2.24. The first-order valence-electron chi connectivity index (χ1n) is 10.3. The number of hydrogen-bond donors (Lipinski definition) is 0. The first kappa shape index (κ1) is 20.5. The Balaban J connectivity index is 1.74. The van der Waals surface area contributed by atoms with E-state index in [4.69, 9.17) is 4.74 Å². The number of fused-ring (bicyclic) bond motifs is 1. The Morgan fingerprint density at radius 2 is 1.65 bits per heavy atom. The fraction of sp³-hybridized carbons (Fsp3) is 0.192. The maximum atomic E-state index is 13.1. The molecule has 0 aliphatic carbocycles. The zero-order valence-corrected chi connectivity index (χ0v) is 17.8. The Hall–Kier alpha value is -3.73. The molecule has 0 unspecified atom stereocenters. The molecule has 0 amide bonds. The predicted molar refractivity (Wildman–Crippen MR) is 122 cm³/mol. The van der Waals surface area contributed by atoms with Gasteiger partial charge in [0.15, 0.2) is 5.69 Å². The topological polar surface area (TPSA) is 61.2 Å². The minimum atomic E-state index is -0.588. The van der Waals surface area contributed by atoms with Crippen LogP contribution in [0, 0.1) is 6.92 Å². The van der Waals surface area contributed by atoms with E-state index in [9.17, 15) is 9.59 Å². The van der Waals surface area contributed by atoms with Gasteiger partial charge in [-0.3, -0.25) is 4.79 Å². The van der Waals surface area contributed by atoms with E-state index >= 15 is 0 Å². The third-order valence-electron chi connectivity index (χ3n) is 5.31. The summed E-state index contributed by atoms with van der Waals surface area (Å²) in [4.78, 5) is 26.0. The third kappa shape index (κ3) is 4.26. The Morgan fingerprint density at radius 3 is 2.32 bits per heavy atom. The van der Waals surface area contributed by atoms with Crippen LogP contribution in [-0.4, -0.2) is 15.7 Å². The first-order chi connectivity index (χ1) is 14.9. The van der Waals surface area contributed by atoms with Crippen LogP contribution < -0.4 is 10.3 Å². The number of benzene rings is 3. The van der Waals surface area contributed by atoms with E-state index in [0.29, 0.717) is 22.4 Å². The molecule has 0 atom stereocenters. The van der Waals surface area contributed by atoms with Gasteiger partial charge in [-0.05, 0) is 47.7 Å². The number of hydrogen-bond acceptors (Lipinski definition) is 4. The third-order valence-corrected chi connectivity index (χ3v) is 5.31. The van der Waals surface area contributed by atoms with Crippen molar-refractivity contribution in [2.75, 3.05) is 0 Å². The van der Waals surface area contributed by atoms with Gasteiger partial charge >= 0.3 is 5.97 Å². The maximum Gasteiger partial charge on any atom is 0.364 e. The second-order valence-corrected chi connectivity index (χ2v) is 7.91. The highest BCUT2D eigenvalue weighted by Gasteiger charge is 2.19. The molecular weight excluding hydrogens is 388 g/mol. The lowest BCUT2D eigenvalue weighted by molar-refractivity contribution is 0.0728. The molecule has 0 spiro atoms. The number of carbonyl (C=O) groups excluding carboxylic acids is 1. The van der Waals surface area contributed by atoms with Crippen molar-refractivity contribution in [2.45, 2.75) is 33.2 Å². The summed E-state index contributed by atoms with van der Waals surface area (Å²) in [6.45, 7) is 6.52. The number of nitrogens with zero attached hydrogens (tertiary/aromatic N) is 2. The van der Waals surface area contributed by atoms with Crippen molar-refractivity contribution in [1.82, 2.24) is 9.78 Å². The van der Waals surface area contributed by atoms with Crippen molar-refractivity contribution < 1.29 is 9.53 Å². The minimum Gasteiger partial charge on any atom is -0.422 e. The molecule has 0 bridgehead atoms. The van der Waals surface area contributed by atoms with Crippen LogP contribution in [0.1, 0.15) is 46.9 Å². The molecule has 5 heteroatoms. The molecule has 3 aromatic carbocycles. The monoisotopic (exact) mass is 412 g/mol. The summed E-state index contributed by atoms with van der Waals surface area (Å²) < 4.78 is 6.97. The van der Waals surface area contributed by atoms with Crippen LogP contribution in [0.15, 0.2) is 77.6 Å². The minimum absolute atomic E-state index is 0.122. The number of esters is 1. The Bertz CT molecular complexity index is 1310. The highest BCUT2D eigenvalue weighted by atomic mass is 16.5. The van der Waals surface area contributed by atoms with Crippen molar-refractivity contribution >= 4 is 16.7 Å². The molecule has 31 heavy (non-hydrogen) atoms.